The first kappa shape index (κ1) is 24.6. The number of hydrogen-bond donors (Lipinski definition) is 2. The number of aromatic nitrogens is 3. The molecule has 1 aromatic rings. The van der Waals surface area contributed by atoms with E-state index < -0.39 is 5.60 Å². The Kier molecular flexibility index (Phi) is 7.34. The van der Waals surface area contributed by atoms with E-state index in [1.54, 1.807) is 0 Å². The molecule has 0 spiro atoms. The fourth-order valence-electron chi connectivity index (χ4n) is 7.33. The lowest BCUT2D eigenvalue weighted by molar-refractivity contribution is -0.939. The molecule has 5 fully saturated rings. The number of anilines is 1. The van der Waals surface area contributed by atoms with Crippen molar-refractivity contribution in [2.24, 2.45) is 17.8 Å². The van der Waals surface area contributed by atoms with Crippen LogP contribution in [0.4, 0.5) is 5.95 Å². The predicted molar refractivity (Wildman–Crippen MR) is 129 cm³/mol. The molecule has 1 aromatic heterocycles. The normalized spacial score (nSPS) is 30.1. The molecule has 192 valence electrons. The molecule has 2 saturated carbocycles. The minimum Gasteiger partial charge on any atom is -0.454 e. The Morgan fingerprint density at radius 3 is 2.09 bits per heavy atom. The lowest BCUT2D eigenvalue weighted by Gasteiger charge is -2.52. The molecule has 0 radical (unpaired) electrons. The average molecular weight is 487 g/mol. The van der Waals surface area contributed by atoms with Gasteiger partial charge in [-0.1, -0.05) is 38.5 Å². The van der Waals surface area contributed by atoms with Gasteiger partial charge in [-0.3, -0.25) is 10.1 Å². The van der Waals surface area contributed by atoms with Gasteiger partial charge in [-0.2, -0.15) is 0 Å². The Labute approximate surface area is 207 Å². The van der Waals surface area contributed by atoms with Crippen LogP contribution in [0.3, 0.4) is 0 Å². The lowest BCUT2D eigenvalue weighted by atomic mass is 9.66. The summed E-state index contributed by atoms with van der Waals surface area (Å²) in [5.41, 5.74) is -1.37. The largest absolute Gasteiger partial charge is 0.454 e. The van der Waals surface area contributed by atoms with Crippen LogP contribution in [0.25, 0.3) is 0 Å². The molecule has 4 heterocycles. The Balaban J connectivity index is 1.27. The van der Waals surface area contributed by atoms with Crippen LogP contribution in [0, 0.1) is 17.8 Å². The first-order valence-corrected chi connectivity index (χ1v) is 13.7. The number of aliphatic hydroxyl groups is 1. The number of nitrogens with zero attached hydrogens (tertiary/aromatic N) is 4. The molecule has 9 heteroatoms. The fraction of sp³-hybridized carbons (Fsp3) is 0.808. The quantitative estimate of drug-likeness (QED) is 0.450. The lowest BCUT2D eigenvalue weighted by Crippen LogP contribution is -2.67. The zero-order valence-corrected chi connectivity index (χ0v) is 20.7. The molecule has 0 unspecified atom stereocenters. The monoisotopic (exact) mass is 486 g/mol. The van der Waals surface area contributed by atoms with Gasteiger partial charge in [0.15, 0.2) is 18.2 Å². The van der Waals surface area contributed by atoms with E-state index in [1.165, 1.54) is 25.5 Å². The van der Waals surface area contributed by atoms with Crippen molar-refractivity contribution in [2.45, 2.75) is 88.8 Å². The second-order valence-electron chi connectivity index (χ2n) is 11.4. The number of fused-ring (bicyclic) bond motifs is 3. The molecule has 3 aliphatic heterocycles. The van der Waals surface area contributed by atoms with Crippen molar-refractivity contribution in [3.8, 4) is 0 Å². The molecule has 5 aliphatic rings. The second kappa shape index (κ2) is 10.5. The van der Waals surface area contributed by atoms with Crippen molar-refractivity contribution < 1.29 is 23.9 Å². The van der Waals surface area contributed by atoms with Crippen molar-refractivity contribution >= 4 is 17.8 Å². The van der Waals surface area contributed by atoms with E-state index in [4.69, 9.17) is 4.74 Å². The fourth-order valence-corrected chi connectivity index (χ4v) is 7.33. The number of carbonyl (C=O) groups excluding carboxylic acids is 2. The molecular weight excluding hydrogens is 446 g/mol. The Morgan fingerprint density at radius 2 is 1.51 bits per heavy atom. The number of nitrogens with one attached hydrogen (secondary N) is 1. The van der Waals surface area contributed by atoms with Crippen LogP contribution in [-0.2, 0) is 14.3 Å². The van der Waals surface area contributed by atoms with Gasteiger partial charge in [-0.05, 0) is 37.5 Å². The molecule has 1 amide bonds. The van der Waals surface area contributed by atoms with Gasteiger partial charge in [0.05, 0.1) is 13.1 Å². The average Bonchev–Trinajstić information content (AvgIpc) is 2.90. The number of carbonyl (C=O) groups is 2. The number of quaternary nitrogens is 1. The molecular formula is C26H40N5O4+. The maximum absolute atomic E-state index is 13.8. The minimum atomic E-state index is -1.37. The summed E-state index contributed by atoms with van der Waals surface area (Å²) < 4.78 is 6.86. The van der Waals surface area contributed by atoms with Crippen molar-refractivity contribution in [1.29, 1.82) is 0 Å². The van der Waals surface area contributed by atoms with Crippen molar-refractivity contribution in [3.05, 3.63) is 12.7 Å². The van der Waals surface area contributed by atoms with Crippen molar-refractivity contribution in [2.75, 3.05) is 31.5 Å². The molecule has 6 rings (SSSR count). The number of piperidine rings is 3. The summed E-state index contributed by atoms with van der Waals surface area (Å²) in [4.78, 5) is 38.3. The maximum Gasteiger partial charge on any atom is 0.339 e. The summed E-state index contributed by atoms with van der Waals surface area (Å²) in [5.74, 6) is 0.0467. The summed E-state index contributed by atoms with van der Waals surface area (Å²) in [6, 6.07) is 0. The van der Waals surface area contributed by atoms with E-state index in [9.17, 15) is 14.7 Å². The number of esters is 1. The van der Waals surface area contributed by atoms with Crippen LogP contribution in [0.15, 0.2) is 12.7 Å². The Morgan fingerprint density at radius 1 is 0.943 bits per heavy atom. The standard InChI is InChI=1S/C26H39N5O4/c32-23(30-25-28-17-27-18-29-25)16-31-13-11-19(12-14-31)22(15-31)35-24(33)26(34,20-7-3-1-4-8-20)21-9-5-2-6-10-21/h17-22,34H,1-16H2/p+1/t19?,22-,31?/m0/s1. The van der Waals surface area contributed by atoms with Crippen LogP contribution in [0.5, 0.6) is 0 Å². The third kappa shape index (κ3) is 5.21. The highest BCUT2D eigenvalue weighted by molar-refractivity contribution is 5.89. The maximum atomic E-state index is 13.8. The third-order valence-electron chi connectivity index (χ3n) is 9.31. The molecule has 2 N–H and O–H groups in total. The molecule has 3 saturated heterocycles. The molecule has 2 bridgehead atoms. The van der Waals surface area contributed by atoms with Crippen molar-refractivity contribution in [1.82, 2.24) is 15.0 Å². The summed E-state index contributed by atoms with van der Waals surface area (Å²) in [6.07, 6.45) is 14.7. The number of hydrogen-bond acceptors (Lipinski definition) is 7. The second-order valence-corrected chi connectivity index (χ2v) is 11.4. The van der Waals surface area contributed by atoms with Gasteiger partial charge in [-0.15, -0.1) is 0 Å². The van der Waals surface area contributed by atoms with E-state index in [-0.39, 0.29) is 35.8 Å². The van der Waals surface area contributed by atoms with E-state index in [0.29, 0.717) is 23.5 Å². The van der Waals surface area contributed by atoms with Crippen LogP contribution in [-0.4, -0.2) is 74.3 Å². The van der Waals surface area contributed by atoms with E-state index in [1.807, 2.05) is 0 Å². The van der Waals surface area contributed by atoms with Crippen LogP contribution in [0.1, 0.15) is 77.0 Å². The van der Waals surface area contributed by atoms with E-state index in [0.717, 1.165) is 77.3 Å². The van der Waals surface area contributed by atoms with Gasteiger partial charge in [0, 0.05) is 18.8 Å². The summed E-state index contributed by atoms with van der Waals surface area (Å²) in [7, 11) is 0. The van der Waals surface area contributed by atoms with Gasteiger partial charge < -0.3 is 14.3 Å². The summed E-state index contributed by atoms with van der Waals surface area (Å²) in [6.45, 7) is 2.74. The first-order valence-electron chi connectivity index (χ1n) is 13.7. The molecule has 2 aliphatic carbocycles. The first-order chi connectivity index (χ1) is 17.0. The van der Waals surface area contributed by atoms with E-state index in [2.05, 4.69) is 20.3 Å². The van der Waals surface area contributed by atoms with Gasteiger partial charge in [-0.25, -0.2) is 19.7 Å². The van der Waals surface area contributed by atoms with Crippen LogP contribution in [0.2, 0.25) is 0 Å². The summed E-state index contributed by atoms with van der Waals surface area (Å²) in [5, 5.41) is 14.8. The third-order valence-corrected chi connectivity index (χ3v) is 9.31. The van der Waals surface area contributed by atoms with E-state index >= 15 is 0 Å². The van der Waals surface area contributed by atoms with Gasteiger partial charge in [0.2, 0.25) is 5.95 Å². The molecule has 0 aromatic carbocycles. The number of rotatable bonds is 7. The highest BCUT2D eigenvalue weighted by atomic mass is 16.6. The molecule has 35 heavy (non-hydrogen) atoms. The smallest absolute Gasteiger partial charge is 0.339 e. The van der Waals surface area contributed by atoms with Crippen LogP contribution < -0.4 is 5.32 Å². The molecule has 1 atom stereocenters. The minimum absolute atomic E-state index is 0.00205. The zero-order chi connectivity index (χ0) is 24.3. The van der Waals surface area contributed by atoms with Gasteiger partial charge in [0.1, 0.15) is 19.2 Å². The van der Waals surface area contributed by atoms with Gasteiger partial charge in [0.25, 0.3) is 5.91 Å². The van der Waals surface area contributed by atoms with Crippen LogP contribution >= 0.6 is 0 Å². The predicted octanol–water partition coefficient (Wildman–Crippen LogP) is 2.85. The topological polar surface area (TPSA) is 114 Å². The highest BCUT2D eigenvalue weighted by Crippen LogP contribution is 2.45. The highest BCUT2D eigenvalue weighted by Gasteiger charge is 2.54. The Bertz CT molecular complexity index is 859. The molecule has 9 nitrogen and oxygen atoms in total. The summed E-state index contributed by atoms with van der Waals surface area (Å²) >= 11 is 0. The number of ether oxygens (including phenoxy) is 1. The van der Waals surface area contributed by atoms with Gasteiger partial charge >= 0.3 is 5.97 Å². The van der Waals surface area contributed by atoms with Crippen molar-refractivity contribution in [3.63, 3.8) is 0 Å². The Hall–Kier alpha value is -2.13. The number of amides is 1. The zero-order valence-electron chi connectivity index (χ0n) is 20.7. The SMILES string of the molecule is O=C(C[N+]12CCC(CC1)[C@@H](OC(=O)C(O)(C1CCCCC1)C1CCCCC1)C2)Nc1ncncn1.